The molecule has 0 saturated carbocycles. The minimum atomic E-state index is 1.22. The molecule has 38 valence electrons. The van der Waals surface area contributed by atoms with Gasteiger partial charge >= 0.3 is 0 Å². The Morgan fingerprint density at radius 3 is 3.00 bits per heavy atom. The molecule has 0 aliphatic heterocycles. The van der Waals surface area contributed by atoms with E-state index in [-0.39, 0.29) is 0 Å². The molecule has 0 rings (SSSR count). The van der Waals surface area contributed by atoms with E-state index < -0.39 is 0 Å². The average molecular weight is 113 g/mol. The molecule has 7 heavy (non-hydrogen) atoms. The lowest BCUT2D eigenvalue weighted by molar-refractivity contribution is 1.41. The maximum absolute atomic E-state index is 4.89. The Bertz CT molecular complexity index is 90.7. The lowest BCUT2D eigenvalue weighted by Crippen LogP contribution is -1.84. The summed E-state index contributed by atoms with van der Waals surface area (Å²) in [6, 6.07) is 0. The van der Waals surface area contributed by atoms with E-state index in [2.05, 4.69) is 9.97 Å². The first-order valence-corrected chi connectivity index (χ1v) is 2.71. The fraction of sp³-hybridized carbons (Fsp3) is 0.200. The van der Waals surface area contributed by atoms with Gasteiger partial charge in [0.15, 0.2) is 0 Å². The third-order valence-corrected chi connectivity index (χ3v) is 0.724. The third-order valence-electron chi connectivity index (χ3n) is 0.353. The fourth-order valence-electron chi connectivity index (χ4n) is 0.136. The zero-order valence-corrected chi connectivity index (χ0v) is 4.96. The van der Waals surface area contributed by atoms with E-state index in [9.17, 15) is 0 Å². The van der Waals surface area contributed by atoms with Gasteiger partial charge in [0.2, 0.25) is 0 Å². The van der Waals surface area contributed by atoms with Gasteiger partial charge in [0.05, 0.1) is 0 Å². The molecule has 0 spiro atoms. The summed E-state index contributed by atoms with van der Waals surface area (Å²) in [6.45, 7) is 1.92. The molecule has 0 heterocycles. The number of rotatable bonds is 2. The molecule has 0 aromatic rings. The number of hydrogen-bond donors (Lipinski definition) is 1. The maximum atomic E-state index is 4.89. The van der Waals surface area contributed by atoms with E-state index in [4.69, 9.17) is 6.42 Å². The van der Waals surface area contributed by atoms with Crippen molar-refractivity contribution in [1.29, 1.82) is 0 Å². The molecular weight excluding hydrogens is 106 g/mol. The van der Waals surface area contributed by atoms with Crippen molar-refractivity contribution in [1.82, 2.24) is 4.72 Å². The van der Waals surface area contributed by atoms with E-state index in [0.717, 1.165) is 0 Å². The average Bonchev–Trinajstić information content (AvgIpc) is 1.69. The van der Waals surface area contributed by atoms with Crippen LogP contribution in [0.4, 0.5) is 0 Å². The van der Waals surface area contributed by atoms with Crippen LogP contribution in [0.2, 0.25) is 0 Å². The largest absolute Gasteiger partial charge is 0.326 e. The Kier molecular flexibility index (Phi) is 5.02. The van der Waals surface area contributed by atoms with E-state index >= 15 is 0 Å². The Morgan fingerprint density at radius 1 is 1.86 bits per heavy atom. The van der Waals surface area contributed by atoms with Crippen molar-refractivity contribution in [3.63, 3.8) is 0 Å². The van der Waals surface area contributed by atoms with Gasteiger partial charge in [0.1, 0.15) is 0 Å². The van der Waals surface area contributed by atoms with Gasteiger partial charge < -0.3 is 4.72 Å². The van der Waals surface area contributed by atoms with Crippen molar-refractivity contribution in [3.05, 3.63) is 12.3 Å². The molecule has 0 saturated heterocycles. The summed E-state index contributed by atoms with van der Waals surface area (Å²) in [7, 11) is 0. The monoisotopic (exact) mass is 113 g/mol. The first-order valence-electron chi connectivity index (χ1n) is 1.90. The normalized spacial score (nSPS) is 8.57. The summed E-state index contributed by atoms with van der Waals surface area (Å²) in [5, 5.41) is 2.36. The van der Waals surface area contributed by atoms with Gasteiger partial charge in [-0.1, -0.05) is 6.08 Å². The van der Waals surface area contributed by atoms with Crippen LogP contribution in [0.15, 0.2) is 12.3 Å². The fourth-order valence-corrected chi connectivity index (χ4v) is 0.408. The molecule has 0 atom stereocenters. The van der Waals surface area contributed by atoms with E-state index in [0.29, 0.717) is 0 Å². The predicted molar refractivity (Wildman–Crippen MR) is 34.4 cm³/mol. The zero-order valence-electron chi connectivity index (χ0n) is 4.14. The Hall–Kier alpha value is -0.550. The van der Waals surface area contributed by atoms with Crippen LogP contribution in [0.3, 0.4) is 0 Å². The molecule has 2 heteroatoms. The Morgan fingerprint density at radius 2 is 2.57 bits per heavy atom. The zero-order chi connectivity index (χ0) is 5.54. The first-order chi connectivity index (χ1) is 3.41. The van der Waals surface area contributed by atoms with Crippen molar-refractivity contribution in [2.75, 3.05) is 0 Å². The van der Waals surface area contributed by atoms with E-state index in [1.54, 1.807) is 6.20 Å². The summed E-state index contributed by atoms with van der Waals surface area (Å²) in [5.41, 5.74) is 0. The van der Waals surface area contributed by atoms with Gasteiger partial charge in [0, 0.05) is 18.1 Å². The van der Waals surface area contributed by atoms with Crippen molar-refractivity contribution in [3.8, 4) is 11.7 Å². The molecule has 0 aliphatic carbocycles. The van der Waals surface area contributed by atoms with E-state index in [1.165, 1.54) is 11.9 Å². The third kappa shape index (κ3) is 5.45. The van der Waals surface area contributed by atoms with Crippen LogP contribution >= 0.6 is 11.9 Å². The van der Waals surface area contributed by atoms with Crippen molar-refractivity contribution in [2.45, 2.75) is 6.92 Å². The van der Waals surface area contributed by atoms with Gasteiger partial charge in [-0.25, -0.2) is 0 Å². The quantitative estimate of drug-likeness (QED) is 0.329. The Balaban J connectivity index is 2.87. The molecule has 0 aromatic heterocycles. The molecule has 0 fully saturated rings. The lowest BCUT2D eigenvalue weighted by Gasteiger charge is -1.83. The molecule has 0 aromatic carbocycles. The molecule has 0 aliphatic rings. The number of allylic oxidation sites excluding steroid dienone is 1. The summed E-state index contributed by atoms with van der Waals surface area (Å²) in [4.78, 5) is 0. The number of nitrogens with one attached hydrogen (secondary N) is 1. The van der Waals surface area contributed by atoms with Crippen LogP contribution in [0.1, 0.15) is 6.92 Å². The summed E-state index contributed by atoms with van der Waals surface area (Å²) >= 11 is 1.22. The first kappa shape index (κ1) is 6.45. The highest BCUT2D eigenvalue weighted by Gasteiger charge is 1.63. The maximum Gasteiger partial charge on any atom is 0.0374 e. The second-order valence-corrected chi connectivity index (χ2v) is 1.51. The van der Waals surface area contributed by atoms with Gasteiger partial charge in [-0.2, -0.15) is 0 Å². The minimum absolute atomic E-state index is 1.22. The molecule has 1 nitrogen and oxygen atoms in total. The topological polar surface area (TPSA) is 12.0 Å². The summed E-state index contributed by atoms with van der Waals surface area (Å²) in [6.07, 6.45) is 8.55. The predicted octanol–water partition coefficient (Wildman–Crippen LogP) is 1.35. The SMILES string of the molecule is C#CSN/C=C\C. The molecule has 1 N–H and O–H groups in total. The molecule has 0 amide bonds. The smallest absolute Gasteiger partial charge is 0.0374 e. The van der Waals surface area contributed by atoms with Crippen LogP contribution in [-0.4, -0.2) is 0 Å². The Labute approximate surface area is 48.3 Å². The summed E-state index contributed by atoms with van der Waals surface area (Å²) in [5.74, 6) is 0. The minimum Gasteiger partial charge on any atom is -0.326 e. The van der Waals surface area contributed by atoms with Crippen molar-refractivity contribution >= 4 is 11.9 Å². The van der Waals surface area contributed by atoms with Crippen LogP contribution in [0.5, 0.6) is 0 Å². The molecular formula is C5H7NS. The van der Waals surface area contributed by atoms with Crippen molar-refractivity contribution in [2.24, 2.45) is 0 Å². The van der Waals surface area contributed by atoms with Crippen LogP contribution in [0.25, 0.3) is 0 Å². The number of terminal acetylenes is 1. The second-order valence-electron chi connectivity index (χ2n) is 0.838. The molecule has 0 bridgehead atoms. The van der Waals surface area contributed by atoms with Crippen LogP contribution in [-0.2, 0) is 0 Å². The highest BCUT2D eigenvalue weighted by molar-refractivity contribution is 8.02. The highest BCUT2D eigenvalue weighted by atomic mass is 32.2. The van der Waals surface area contributed by atoms with Gasteiger partial charge in [-0.15, -0.1) is 6.42 Å². The van der Waals surface area contributed by atoms with Crippen molar-refractivity contribution < 1.29 is 0 Å². The molecule has 0 radical (unpaired) electrons. The van der Waals surface area contributed by atoms with Crippen LogP contribution in [0, 0.1) is 11.7 Å². The lowest BCUT2D eigenvalue weighted by atomic mass is 10.7. The molecule has 0 unspecified atom stereocenters. The second kappa shape index (κ2) is 5.45. The standard InChI is InChI=1S/C5H7NS/c1-3-5-6-7-4-2/h2-3,5-6H,1H3/b5-3-. The van der Waals surface area contributed by atoms with Gasteiger partial charge in [0.25, 0.3) is 0 Å². The highest BCUT2D eigenvalue weighted by Crippen LogP contribution is 1.84. The van der Waals surface area contributed by atoms with Gasteiger partial charge in [-0.05, 0) is 12.2 Å². The van der Waals surface area contributed by atoms with Crippen LogP contribution < -0.4 is 4.72 Å². The van der Waals surface area contributed by atoms with Gasteiger partial charge in [-0.3, -0.25) is 0 Å². The van der Waals surface area contributed by atoms with E-state index in [1.807, 2.05) is 13.0 Å². The summed E-state index contributed by atoms with van der Waals surface area (Å²) < 4.78 is 2.78. The number of hydrogen-bond acceptors (Lipinski definition) is 2.